The maximum absolute atomic E-state index is 12.9. The van der Waals surface area contributed by atoms with E-state index in [-0.39, 0.29) is 16.8 Å². The second-order valence-corrected chi connectivity index (χ2v) is 10.6. The van der Waals surface area contributed by atoms with Crippen LogP contribution in [0.5, 0.6) is 11.5 Å². The number of amides is 1. The summed E-state index contributed by atoms with van der Waals surface area (Å²) < 4.78 is 37.1. The van der Waals surface area contributed by atoms with Crippen LogP contribution in [-0.4, -0.2) is 50.9 Å². The highest BCUT2D eigenvalue weighted by atomic mass is 32.2. The van der Waals surface area contributed by atoms with Crippen LogP contribution in [0.25, 0.3) is 10.6 Å². The summed E-state index contributed by atoms with van der Waals surface area (Å²) >= 11 is 1.27. The number of benzene rings is 2. The lowest BCUT2D eigenvalue weighted by Crippen LogP contribution is -2.33. The van der Waals surface area contributed by atoms with Gasteiger partial charge in [-0.1, -0.05) is 0 Å². The number of hydrogen-bond donors (Lipinski definition) is 1. The van der Waals surface area contributed by atoms with E-state index in [4.69, 9.17) is 9.47 Å². The van der Waals surface area contributed by atoms with Crippen LogP contribution in [-0.2, 0) is 10.0 Å². The fourth-order valence-corrected chi connectivity index (χ4v) is 5.37. The van der Waals surface area contributed by atoms with Gasteiger partial charge in [-0.05, 0) is 63.2 Å². The van der Waals surface area contributed by atoms with Crippen molar-refractivity contribution in [2.24, 2.45) is 0 Å². The smallest absolute Gasteiger partial charge is 0.267 e. The minimum Gasteiger partial charge on any atom is -0.493 e. The molecule has 0 unspecified atom stereocenters. The van der Waals surface area contributed by atoms with Crippen molar-refractivity contribution in [3.05, 3.63) is 53.0 Å². The molecule has 33 heavy (non-hydrogen) atoms. The van der Waals surface area contributed by atoms with Gasteiger partial charge in [0, 0.05) is 24.3 Å². The number of carbonyl (C=O) groups is 1. The number of aromatic nitrogens is 1. The molecule has 1 aromatic heterocycles. The minimum atomic E-state index is -3.59. The topological polar surface area (TPSA) is 97.8 Å². The molecule has 0 aliphatic heterocycles. The van der Waals surface area contributed by atoms with E-state index in [1.807, 2.05) is 12.1 Å². The number of nitrogens with one attached hydrogen (secondary N) is 1. The van der Waals surface area contributed by atoms with E-state index in [9.17, 15) is 13.2 Å². The number of methoxy groups -OCH3 is 2. The Balaban J connectivity index is 1.80. The van der Waals surface area contributed by atoms with Crippen molar-refractivity contribution in [2.75, 3.05) is 26.6 Å². The van der Waals surface area contributed by atoms with Crippen molar-refractivity contribution in [3.8, 4) is 22.1 Å². The fourth-order valence-electron chi connectivity index (χ4n) is 3.04. The summed E-state index contributed by atoms with van der Waals surface area (Å²) in [6.07, 6.45) is 0. The summed E-state index contributed by atoms with van der Waals surface area (Å²) in [5.74, 6) is 0.871. The van der Waals surface area contributed by atoms with Crippen LogP contribution in [0.4, 0.5) is 5.69 Å². The highest BCUT2D eigenvalue weighted by Crippen LogP contribution is 2.35. The number of aryl methyl sites for hydroxylation is 1. The van der Waals surface area contributed by atoms with Gasteiger partial charge in [-0.25, -0.2) is 13.4 Å². The molecule has 0 saturated heterocycles. The van der Waals surface area contributed by atoms with Crippen LogP contribution in [0, 0.1) is 6.92 Å². The average molecular weight is 490 g/mol. The number of hydrogen-bond acceptors (Lipinski definition) is 7. The highest BCUT2D eigenvalue weighted by Gasteiger charge is 2.23. The molecule has 0 fully saturated rings. The Bertz CT molecular complexity index is 1250. The van der Waals surface area contributed by atoms with Crippen molar-refractivity contribution in [3.63, 3.8) is 0 Å². The standard InChI is InChI=1S/C23H27N3O5S2/c1-14(2)26(4)33(28,29)18-10-8-17(9-11-18)25-22(27)21-15(3)24-23(32-21)16-7-12-19(30-5)20(13-16)31-6/h7-14H,1-6H3,(H,25,27). The van der Waals surface area contributed by atoms with Crippen molar-refractivity contribution < 1.29 is 22.7 Å². The largest absolute Gasteiger partial charge is 0.493 e. The molecular weight excluding hydrogens is 462 g/mol. The number of carbonyl (C=O) groups excluding carboxylic acids is 1. The average Bonchev–Trinajstić information content (AvgIpc) is 3.20. The molecule has 2 aromatic carbocycles. The normalized spacial score (nSPS) is 11.6. The Kier molecular flexibility index (Phi) is 7.41. The third-order valence-electron chi connectivity index (χ3n) is 5.15. The predicted octanol–water partition coefficient (Wildman–Crippen LogP) is 4.42. The Labute approximate surface area is 198 Å². The molecule has 1 N–H and O–H groups in total. The lowest BCUT2D eigenvalue weighted by atomic mass is 10.2. The zero-order valence-corrected chi connectivity index (χ0v) is 21.0. The third-order valence-corrected chi connectivity index (χ3v) is 8.40. The zero-order valence-electron chi connectivity index (χ0n) is 19.4. The molecule has 1 amide bonds. The van der Waals surface area contributed by atoms with Gasteiger partial charge in [0.15, 0.2) is 11.5 Å². The molecule has 3 rings (SSSR count). The third kappa shape index (κ3) is 5.18. The first-order valence-electron chi connectivity index (χ1n) is 10.2. The molecule has 1 heterocycles. The molecule has 0 bridgehead atoms. The van der Waals surface area contributed by atoms with E-state index in [0.29, 0.717) is 32.8 Å². The molecule has 10 heteroatoms. The zero-order chi connectivity index (χ0) is 24.3. The number of thiazole rings is 1. The Morgan fingerprint density at radius 2 is 1.70 bits per heavy atom. The van der Waals surface area contributed by atoms with Crippen molar-refractivity contribution >= 4 is 33.0 Å². The van der Waals surface area contributed by atoms with Crippen LogP contribution in [0.3, 0.4) is 0 Å². The molecule has 176 valence electrons. The summed E-state index contributed by atoms with van der Waals surface area (Å²) in [5.41, 5.74) is 1.90. The number of nitrogens with zero attached hydrogens (tertiary/aromatic N) is 2. The number of ether oxygens (including phenoxy) is 2. The summed E-state index contributed by atoms with van der Waals surface area (Å²) in [6, 6.07) is 11.4. The van der Waals surface area contributed by atoms with Gasteiger partial charge in [-0.3, -0.25) is 4.79 Å². The van der Waals surface area contributed by atoms with Crippen LogP contribution in [0.2, 0.25) is 0 Å². The van der Waals surface area contributed by atoms with E-state index < -0.39 is 10.0 Å². The van der Waals surface area contributed by atoms with E-state index in [1.165, 1.54) is 34.8 Å². The first-order chi connectivity index (χ1) is 15.6. The van der Waals surface area contributed by atoms with Gasteiger partial charge in [0.1, 0.15) is 9.88 Å². The van der Waals surface area contributed by atoms with Crippen LogP contribution >= 0.6 is 11.3 Å². The van der Waals surface area contributed by atoms with Gasteiger partial charge in [0.2, 0.25) is 10.0 Å². The number of rotatable bonds is 8. The van der Waals surface area contributed by atoms with E-state index >= 15 is 0 Å². The molecule has 0 aliphatic carbocycles. The van der Waals surface area contributed by atoms with Gasteiger partial charge in [-0.15, -0.1) is 11.3 Å². The van der Waals surface area contributed by atoms with Gasteiger partial charge in [-0.2, -0.15) is 4.31 Å². The summed E-state index contributed by atoms with van der Waals surface area (Å²) in [4.78, 5) is 18.0. The molecule has 0 saturated carbocycles. The minimum absolute atomic E-state index is 0.163. The lowest BCUT2D eigenvalue weighted by molar-refractivity contribution is 0.103. The molecule has 0 aliphatic rings. The fraction of sp³-hybridized carbons (Fsp3) is 0.304. The van der Waals surface area contributed by atoms with Crippen LogP contribution in [0.1, 0.15) is 29.2 Å². The lowest BCUT2D eigenvalue weighted by Gasteiger charge is -2.21. The molecule has 3 aromatic rings. The van der Waals surface area contributed by atoms with Crippen LogP contribution in [0.15, 0.2) is 47.4 Å². The van der Waals surface area contributed by atoms with E-state index in [1.54, 1.807) is 53.2 Å². The first kappa shape index (κ1) is 24.7. The molecule has 0 atom stereocenters. The Hall–Kier alpha value is -2.95. The predicted molar refractivity (Wildman–Crippen MR) is 130 cm³/mol. The van der Waals surface area contributed by atoms with E-state index in [0.717, 1.165) is 5.56 Å². The molecule has 0 spiro atoms. The summed E-state index contributed by atoms with van der Waals surface area (Å²) in [6.45, 7) is 5.38. The monoisotopic (exact) mass is 489 g/mol. The number of sulfonamides is 1. The summed E-state index contributed by atoms with van der Waals surface area (Å²) in [5, 5.41) is 3.49. The Morgan fingerprint density at radius 1 is 1.06 bits per heavy atom. The number of anilines is 1. The van der Waals surface area contributed by atoms with Gasteiger partial charge < -0.3 is 14.8 Å². The molecule has 0 radical (unpaired) electrons. The maximum atomic E-state index is 12.9. The second-order valence-electron chi connectivity index (χ2n) is 7.60. The molecule has 8 nitrogen and oxygen atoms in total. The Morgan fingerprint density at radius 3 is 2.27 bits per heavy atom. The van der Waals surface area contributed by atoms with E-state index in [2.05, 4.69) is 10.3 Å². The van der Waals surface area contributed by atoms with Crippen LogP contribution < -0.4 is 14.8 Å². The quantitative estimate of drug-likeness (QED) is 0.503. The van der Waals surface area contributed by atoms with Crippen molar-refractivity contribution in [1.29, 1.82) is 0 Å². The van der Waals surface area contributed by atoms with Gasteiger partial charge in [0.05, 0.1) is 24.8 Å². The SMILES string of the molecule is COc1ccc(-c2nc(C)c(C(=O)Nc3ccc(S(=O)(=O)N(C)C(C)C)cc3)s2)cc1OC. The first-order valence-corrected chi connectivity index (χ1v) is 12.4. The van der Waals surface area contributed by atoms with Gasteiger partial charge in [0.25, 0.3) is 5.91 Å². The van der Waals surface area contributed by atoms with Crippen molar-refractivity contribution in [1.82, 2.24) is 9.29 Å². The highest BCUT2D eigenvalue weighted by molar-refractivity contribution is 7.89. The summed E-state index contributed by atoms with van der Waals surface area (Å²) in [7, 11) is 1.08. The van der Waals surface area contributed by atoms with Gasteiger partial charge >= 0.3 is 0 Å². The van der Waals surface area contributed by atoms with Crippen molar-refractivity contribution in [2.45, 2.75) is 31.7 Å². The maximum Gasteiger partial charge on any atom is 0.267 e. The molecular formula is C23H27N3O5S2. The second kappa shape index (κ2) is 9.90.